The molecule has 0 saturated carbocycles. The van der Waals surface area contributed by atoms with E-state index in [1.807, 2.05) is 6.07 Å². The predicted octanol–water partition coefficient (Wildman–Crippen LogP) is 3.08. The molecule has 0 atom stereocenters. The second-order valence-electron chi connectivity index (χ2n) is 3.98. The molecular formula is C13H16N2. The Hall–Kier alpha value is -1.57. The molecule has 1 heterocycles. The first-order valence-corrected chi connectivity index (χ1v) is 5.36. The van der Waals surface area contributed by atoms with Gasteiger partial charge in [0, 0.05) is 5.39 Å². The number of nitrogens with zero attached hydrogens (tertiary/aromatic N) is 1. The van der Waals surface area contributed by atoms with Crippen LogP contribution in [0.15, 0.2) is 24.3 Å². The molecule has 2 rings (SSSR count). The first kappa shape index (κ1) is 9.97. The summed E-state index contributed by atoms with van der Waals surface area (Å²) >= 11 is 0. The van der Waals surface area contributed by atoms with Crippen LogP contribution in [0.2, 0.25) is 0 Å². The molecule has 0 amide bonds. The molecule has 78 valence electrons. The normalized spacial score (nSPS) is 10.8. The van der Waals surface area contributed by atoms with Gasteiger partial charge in [-0.15, -0.1) is 0 Å². The molecule has 0 radical (unpaired) electrons. The third-order valence-corrected chi connectivity index (χ3v) is 2.60. The molecule has 15 heavy (non-hydrogen) atoms. The molecule has 0 aliphatic carbocycles. The number of pyridine rings is 1. The van der Waals surface area contributed by atoms with Gasteiger partial charge >= 0.3 is 0 Å². The zero-order valence-corrected chi connectivity index (χ0v) is 9.25. The third-order valence-electron chi connectivity index (χ3n) is 2.60. The van der Waals surface area contributed by atoms with E-state index in [-0.39, 0.29) is 0 Å². The highest BCUT2D eigenvalue weighted by molar-refractivity contribution is 5.82. The fraction of sp³-hybridized carbons (Fsp3) is 0.308. The molecule has 2 heteroatoms. The predicted molar refractivity (Wildman–Crippen MR) is 64.9 cm³/mol. The lowest BCUT2D eigenvalue weighted by atomic mass is 10.1. The van der Waals surface area contributed by atoms with Crippen LogP contribution in [-0.2, 0) is 6.42 Å². The molecule has 2 aromatic rings. The molecule has 1 aromatic carbocycles. The lowest BCUT2D eigenvalue weighted by Crippen LogP contribution is -1.98. The van der Waals surface area contributed by atoms with Crippen LogP contribution in [0.1, 0.15) is 24.5 Å². The quantitative estimate of drug-likeness (QED) is 0.809. The zero-order chi connectivity index (χ0) is 10.8. The topological polar surface area (TPSA) is 38.9 Å². The number of aromatic nitrogens is 1. The van der Waals surface area contributed by atoms with Gasteiger partial charge in [-0.05, 0) is 37.1 Å². The van der Waals surface area contributed by atoms with Crippen molar-refractivity contribution < 1.29 is 0 Å². The Kier molecular flexibility index (Phi) is 2.58. The number of hydrogen-bond acceptors (Lipinski definition) is 2. The van der Waals surface area contributed by atoms with E-state index in [2.05, 4.69) is 37.0 Å². The number of fused-ring (bicyclic) bond motifs is 1. The van der Waals surface area contributed by atoms with E-state index in [4.69, 9.17) is 5.73 Å². The van der Waals surface area contributed by atoms with Crippen LogP contribution < -0.4 is 5.73 Å². The minimum absolute atomic E-state index is 0.674. The van der Waals surface area contributed by atoms with Crippen LogP contribution in [0.4, 0.5) is 5.82 Å². The van der Waals surface area contributed by atoms with Gasteiger partial charge in [-0.3, -0.25) is 0 Å². The summed E-state index contributed by atoms with van der Waals surface area (Å²) in [5, 5.41) is 1.19. The first-order chi connectivity index (χ1) is 7.20. The SMILES string of the molecule is CCCc1cc2cc(C)ccc2nc1N. The maximum Gasteiger partial charge on any atom is 0.127 e. The smallest absolute Gasteiger partial charge is 0.127 e. The van der Waals surface area contributed by atoms with Gasteiger partial charge in [0.1, 0.15) is 5.82 Å². The Balaban J connectivity index is 2.61. The van der Waals surface area contributed by atoms with Crippen molar-refractivity contribution in [2.45, 2.75) is 26.7 Å². The lowest BCUT2D eigenvalue weighted by molar-refractivity contribution is 0.921. The minimum Gasteiger partial charge on any atom is -0.383 e. The van der Waals surface area contributed by atoms with Crippen molar-refractivity contribution in [2.75, 3.05) is 5.73 Å². The molecule has 0 unspecified atom stereocenters. The average molecular weight is 200 g/mol. The third kappa shape index (κ3) is 1.94. The highest BCUT2D eigenvalue weighted by atomic mass is 14.8. The molecule has 0 aliphatic rings. The summed E-state index contributed by atoms with van der Waals surface area (Å²) in [7, 11) is 0. The minimum atomic E-state index is 0.674. The van der Waals surface area contributed by atoms with Gasteiger partial charge in [-0.2, -0.15) is 0 Å². The van der Waals surface area contributed by atoms with Gasteiger partial charge in [-0.1, -0.05) is 25.0 Å². The van der Waals surface area contributed by atoms with E-state index in [9.17, 15) is 0 Å². The van der Waals surface area contributed by atoms with Gasteiger partial charge in [0.05, 0.1) is 5.52 Å². The van der Waals surface area contributed by atoms with Crippen molar-refractivity contribution in [2.24, 2.45) is 0 Å². The fourth-order valence-electron chi connectivity index (χ4n) is 1.82. The van der Waals surface area contributed by atoms with Crippen LogP contribution in [0, 0.1) is 6.92 Å². The Bertz CT molecular complexity index is 489. The summed E-state index contributed by atoms with van der Waals surface area (Å²) in [6, 6.07) is 8.40. The molecule has 0 bridgehead atoms. The van der Waals surface area contributed by atoms with E-state index in [1.165, 1.54) is 10.9 Å². The summed E-state index contributed by atoms with van der Waals surface area (Å²) in [5.41, 5.74) is 9.31. The van der Waals surface area contributed by atoms with Crippen LogP contribution >= 0.6 is 0 Å². The van der Waals surface area contributed by atoms with Gasteiger partial charge in [0.2, 0.25) is 0 Å². The molecule has 1 aromatic heterocycles. The van der Waals surface area contributed by atoms with Crippen molar-refractivity contribution in [3.05, 3.63) is 35.4 Å². The standard InChI is InChI=1S/C13H16N2/c1-3-4-10-8-11-7-9(2)5-6-12(11)15-13(10)14/h5-8H,3-4H2,1-2H3,(H2,14,15). The lowest BCUT2D eigenvalue weighted by Gasteiger charge is -2.06. The van der Waals surface area contributed by atoms with Crippen LogP contribution in [0.3, 0.4) is 0 Å². The summed E-state index contributed by atoms with van der Waals surface area (Å²) < 4.78 is 0. The van der Waals surface area contributed by atoms with Crippen molar-refractivity contribution in [1.29, 1.82) is 0 Å². The van der Waals surface area contributed by atoms with Crippen LogP contribution in [-0.4, -0.2) is 4.98 Å². The monoisotopic (exact) mass is 200 g/mol. The van der Waals surface area contributed by atoms with E-state index in [1.54, 1.807) is 0 Å². The molecule has 2 N–H and O–H groups in total. The fourth-order valence-corrected chi connectivity index (χ4v) is 1.82. The molecule has 2 nitrogen and oxygen atoms in total. The largest absolute Gasteiger partial charge is 0.383 e. The number of nitrogen functional groups attached to an aromatic ring is 1. The van der Waals surface area contributed by atoms with Gasteiger partial charge in [0.15, 0.2) is 0 Å². The van der Waals surface area contributed by atoms with Crippen LogP contribution in [0.25, 0.3) is 10.9 Å². The highest BCUT2D eigenvalue weighted by Crippen LogP contribution is 2.20. The Morgan fingerprint density at radius 2 is 2.07 bits per heavy atom. The highest BCUT2D eigenvalue weighted by Gasteiger charge is 2.03. The van der Waals surface area contributed by atoms with E-state index in [0.29, 0.717) is 5.82 Å². The number of rotatable bonds is 2. The molecule has 0 fully saturated rings. The Morgan fingerprint density at radius 3 is 2.80 bits per heavy atom. The maximum absolute atomic E-state index is 5.90. The number of aryl methyl sites for hydroxylation is 2. The molecular weight excluding hydrogens is 184 g/mol. The first-order valence-electron chi connectivity index (χ1n) is 5.36. The Morgan fingerprint density at radius 1 is 1.27 bits per heavy atom. The average Bonchev–Trinajstić information content (AvgIpc) is 2.20. The van der Waals surface area contributed by atoms with Crippen LogP contribution in [0.5, 0.6) is 0 Å². The summed E-state index contributed by atoms with van der Waals surface area (Å²) in [4.78, 5) is 4.41. The molecule has 0 saturated heterocycles. The second-order valence-corrected chi connectivity index (χ2v) is 3.98. The number of anilines is 1. The Labute approximate surface area is 90.1 Å². The molecule has 0 aliphatic heterocycles. The number of benzene rings is 1. The maximum atomic E-state index is 5.90. The second kappa shape index (κ2) is 3.89. The number of hydrogen-bond donors (Lipinski definition) is 1. The van der Waals surface area contributed by atoms with Gasteiger partial charge in [0.25, 0.3) is 0 Å². The summed E-state index contributed by atoms with van der Waals surface area (Å²) in [6.07, 6.45) is 2.10. The molecule has 0 spiro atoms. The zero-order valence-electron chi connectivity index (χ0n) is 9.25. The van der Waals surface area contributed by atoms with Crippen molar-refractivity contribution in [3.63, 3.8) is 0 Å². The van der Waals surface area contributed by atoms with E-state index >= 15 is 0 Å². The summed E-state index contributed by atoms with van der Waals surface area (Å²) in [6.45, 7) is 4.25. The van der Waals surface area contributed by atoms with Gasteiger partial charge < -0.3 is 5.73 Å². The van der Waals surface area contributed by atoms with E-state index < -0.39 is 0 Å². The van der Waals surface area contributed by atoms with Crippen molar-refractivity contribution >= 4 is 16.7 Å². The van der Waals surface area contributed by atoms with Gasteiger partial charge in [-0.25, -0.2) is 4.98 Å². The van der Waals surface area contributed by atoms with Crippen molar-refractivity contribution in [1.82, 2.24) is 4.98 Å². The van der Waals surface area contributed by atoms with Crippen molar-refractivity contribution in [3.8, 4) is 0 Å². The number of nitrogens with two attached hydrogens (primary N) is 1. The van der Waals surface area contributed by atoms with E-state index in [0.717, 1.165) is 23.9 Å². The summed E-state index contributed by atoms with van der Waals surface area (Å²) in [5.74, 6) is 0.674.